The first-order chi connectivity index (χ1) is 8.63. The summed E-state index contributed by atoms with van der Waals surface area (Å²) in [5.74, 6) is 2.01. The lowest BCUT2D eigenvalue weighted by Crippen LogP contribution is -2.51. The lowest BCUT2D eigenvalue weighted by atomic mass is 10.2. The third-order valence-corrected chi connectivity index (χ3v) is 3.93. The lowest BCUT2D eigenvalue weighted by molar-refractivity contribution is 0.0788. The van der Waals surface area contributed by atoms with Crippen molar-refractivity contribution in [2.75, 3.05) is 26.2 Å². The molecule has 1 aliphatic rings. The van der Waals surface area contributed by atoms with Gasteiger partial charge in [-0.25, -0.2) is 0 Å². The van der Waals surface area contributed by atoms with Crippen molar-refractivity contribution in [3.05, 3.63) is 23.2 Å². The minimum absolute atomic E-state index is 0.565. The Balaban J connectivity index is 1.94. The van der Waals surface area contributed by atoms with E-state index in [9.17, 15) is 0 Å². The molecule has 0 saturated carbocycles. The number of hydrogen-bond acceptors (Lipinski definition) is 4. The third kappa shape index (κ3) is 2.94. The van der Waals surface area contributed by atoms with Crippen molar-refractivity contribution in [2.24, 2.45) is 5.73 Å². The summed E-state index contributed by atoms with van der Waals surface area (Å²) in [5.41, 5.74) is 6.81. The first-order valence-electron chi connectivity index (χ1n) is 6.88. The standard InChI is InChI=1S/C14H25N3O/c1-4-17-6-5-16(9-11(17)2)10-14-7-13(8-15)12(3)18-14/h7,11H,4-6,8-10,15H2,1-3H3. The molecule has 1 aromatic rings. The van der Waals surface area contributed by atoms with Gasteiger partial charge < -0.3 is 10.2 Å². The van der Waals surface area contributed by atoms with Gasteiger partial charge in [-0.15, -0.1) is 0 Å². The Morgan fingerprint density at radius 2 is 2.22 bits per heavy atom. The number of likely N-dealkylation sites (N-methyl/N-ethyl adjacent to an activating group) is 1. The van der Waals surface area contributed by atoms with Crippen molar-refractivity contribution in [3.63, 3.8) is 0 Å². The SMILES string of the molecule is CCN1CCN(Cc2cc(CN)c(C)o2)CC1C. The molecule has 1 saturated heterocycles. The zero-order valence-corrected chi connectivity index (χ0v) is 11.8. The van der Waals surface area contributed by atoms with Crippen LogP contribution in [0.3, 0.4) is 0 Å². The highest BCUT2D eigenvalue weighted by Gasteiger charge is 2.23. The van der Waals surface area contributed by atoms with Crippen LogP contribution in [0.15, 0.2) is 10.5 Å². The Morgan fingerprint density at radius 1 is 1.44 bits per heavy atom. The molecule has 18 heavy (non-hydrogen) atoms. The van der Waals surface area contributed by atoms with Gasteiger partial charge in [-0.2, -0.15) is 0 Å². The fourth-order valence-electron chi connectivity index (χ4n) is 2.77. The first-order valence-corrected chi connectivity index (χ1v) is 6.88. The number of nitrogens with two attached hydrogens (primary N) is 1. The summed E-state index contributed by atoms with van der Waals surface area (Å²) < 4.78 is 5.76. The van der Waals surface area contributed by atoms with Crippen molar-refractivity contribution >= 4 is 0 Å². The molecule has 102 valence electrons. The molecule has 1 fully saturated rings. The Hall–Kier alpha value is -0.840. The van der Waals surface area contributed by atoms with Crippen LogP contribution in [0.5, 0.6) is 0 Å². The summed E-state index contributed by atoms with van der Waals surface area (Å²) in [7, 11) is 0. The van der Waals surface area contributed by atoms with E-state index in [1.807, 2.05) is 6.92 Å². The zero-order chi connectivity index (χ0) is 13.1. The van der Waals surface area contributed by atoms with E-state index < -0.39 is 0 Å². The van der Waals surface area contributed by atoms with E-state index in [1.54, 1.807) is 0 Å². The molecule has 1 aliphatic heterocycles. The summed E-state index contributed by atoms with van der Waals surface area (Å²) in [6.07, 6.45) is 0. The number of furan rings is 1. The normalized spacial score (nSPS) is 22.6. The van der Waals surface area contributed by atoms with Crippen LogP contribution in [0.1, 0.15) is 30.9 Å². The van der Waals surface area contributed by atoms with Gasteiger partial charge in [-0.3, -0.25) is 9.80 Å². The van der Waals surface area contributed by atoms with E-state index in [0.717, 1.165) is 49.8 Å². The van der Waals surface area contributed by atoms with Crippen LogP contribution in [-0.2, 0) is 13.1 Å². The quantitative estimate of drug-likeness (QED) is 0.882. The molecule has 0 aliphatic carbocycles. The predicted octanol–water partition coefficient (Wildman–Crippen LogP) is 1.57. The molecule has 0 aromatic carbocycles. The molecule has 2 N–H and O–H groups in total. The molecule has 4 heteroatoms. The summed E-state index contributed by atoms with van der Waals surface area (Å²) >= 11 is 0. The van der Waals surface area contributed by atoms with E-state index in [2.05, 4.69) is 29.7 Å². The molecule has 0 spiro atoms. The van der Waals surface area contributed by atoms with E-state index in [0.29, 0.717) is 12.6 Å². The highest BCUT2D eigenvalue weighted by Crippen LogP contribution is 2.18. The molecule has 1 unspecified atom stereocenters. The number of aryl methyl sites for hydroxylation is 1. The van der Waals surface area contributed by atoms with Gasteiger partial charge in [0.05, 0.1) is 6.54 Å². The van der Waals surface area contributed by atoms with E-state index in [1.165, 1.54) is 0 Å². The fourth-order valence-corrected chi connectivity index (χ4v) is 2.77. The van der Waals surface area contributed by atoms with Crippen molar-refractivity contribution in [1.82, 2.24) is 9.80 Å². The minimum atomic E-state index is 0.565. The highest BCUT2D eigenvalue weighted by molar-refractivity contribution is 5.20. The highest BCUT2D eigenvalue weighted by atomic mass is 16.3. The molecule has 2 heterocycles. The van der Waals surface area contributed by atoms with Crippen LogP contribution >= 0.6 is 0 Å². The minimum Gasteiger partial charge on any atom is -0.465 e. The van der Waals surface area contributed by atoms with Crippen LogP contribution in [-0.4, -0.2) is 42.0 Å². The van der Waals surface area contributed by atoms with Crippen LogP contribution in [0, 0.1) is 6.92 Å². The van der Waals surface area contributed by atoms with Crippen LogP contribution in [0.25, 0.3) is 0 Å². The maximum Gasteiger partial charge on any atom is 0.118 e. The summed E-state index contributed by atoms with van der Waals surface area (Å²) in [5, 5.41) is 0. The average molecular weight is 251 g/mol. The number of rotatable bonds is 4. The van der Waals surface area contributed by atoms with Crippen molar-refractivity contribution < 1.29 is 4.42 Å². The van der Waals surface area contributed by atoms with Gasteiger partial charge in [0, 0.05) is 37.8 Å². The van der Waals surface area contributed by atoms with Gasteiger partial charge in [-0.05, 0) is 26.5 Å². The van der Waals surface area contributed by atoms with Crippen LogP contribution in [0.4, 0.5) is 0 Å². The second-order valence-electron chi connectivity index (χ2n) is 5.21. The van der Waals surface area contributed by atoms with Crippen molar-refractivity contribution in [1.29, 1.82) is 0 Å². The van der Waals surface area contributed by atoms with Crippen molar-refractivity contribution in [2.45, 2.75) is 39.9 Å². The number of hydrogen-bond donors (Lipinski definition) is 1. The maximum atomic E-state index is 5.76. The molecular weight excluding hydrogens is 226 g/mol. The second-order valence-corrected chi connectivity index (χ2v) is 5.21. The molecular formula is C14H25N3O. The fraction of sp³-hybridized carbons (Fsp3) is 0.714. The van der Waals surface area contributed by atoms with E-state index in [4.69, 9.17) is 10.2 Å². The number of piperazine rings is 1. The third-order valence-electron chi connectivity index (χ3n) is 3.93. The summed E-state index contributed by atoms with van der Waals surface area (Å²) in [6, 6.07) is 2.74. The summed E-state index contributed by atoms with van der Waals surface area (Å²) in [4.78, 5) is 4.99. The lowest BCUT2D eigenvalue weighted by Gasteiger charge is -2.38. The molecule has 2 rings (SSSR count). The molecule has 1 aromatic heterocycles. The Morgan fingerprint density at radius 3 is 2.78 bits per heavy atom. The van der Waals surface area contributed by atoms with Gasteiger partial charge in [-0.1, -0.05) is 6.92 Å². The molecule has 0 bridgehead atoms. The van der Waals surface area contributed by atoms with Crippen LogP contribution < -0.4 is 5.73 Å². The summed E-state index contributed by atoms with van der Waals surface area (Å²) in [6.45, 7) is 12.5. The maximum absolute atomic E-state index is 5.76. The Labute approximate surface area is 110 Å². The Kier molecular flexibility index (Phi) is 4.43. The van der Waals surface area contributed by atoms with Gasteiger partial charge >= 0.3 is 0 Å². The molecule has 0 radical (unpaired) electrons. The smallest absolute Gasteiger partial charge is 0.118 e. The zero-order valence-electron chi connectivity index (χ0n) is 11.8. The Bertz CT molecular complexity index is 388. The largest absolute Gasteiger partial charge is 0.465 e. The number of nitrogens with zero attached hydrogens (tertiary/aromatic N) is 2. The van der Waals surface area contributed by atoms with Gasteiger partial charge in [0.25, 0.3) is 0 Å². The average Bonchev–Trinajstić information content (AvgIpc) is 2.69. The van der Waals surface area contributed by atoms with E-state index >= 15 is 0 Å². The van der Waals surface area contributed by atoms with Crippen LogP contribution in [0.2, 0.25) is 0 Å². The van der Waals surface area contributed by atoms with Gasteiger partial charge in [0.1, 0.15) is 11.5 Å². The second kappa shape index (κ2) is 5.87. The van der Waals surface area contributed by atoms with E-state index in [-0.39, 0.29) is 0 Å². The first kappa shape index (κ1) is 13.6. The predicted molar refractivity (Wildman–Crippen MR) is 73.3 cm³/mol. The monoisotopic (exact) mass is 251 g/mol. The van der Waals surface area contributed by atoms with Crippen molar-refractivity contribution in [3.8, 4) is 0 Å². The topological polar surface area (TPSA) is 45.6 Å². The van der Waals surface area contributed by atoms with Gasteiger partial charge in [0.2, 0.25) is 0 Å². The van der Waals surface area contributed by atoms with Gasteiger partial charge in [0.15, 0.2) is 0 Å². The molecule has 0 amide bonds. The molecule has 1 atom stereocenters. The molecule has 4 nitrogen and oxygen atoms in total.